The van der Waals surface area contributed by atoms with Gasteiger partial charge in [0.2, 0.25) is 0 Å². The lowest BCUT2D eigenvalue weighted by molar-refractivity contribution is -0.141. The largest absolute Gasteiger partial charge is 0.433 e. The number of nitrogens with zero attached hydrogens (tertiary/aromatic N) is 5. The Balaban J connectivity index is 1.37. The Labute approximate surface area is 182 Å². The van der Waals surface area contributed by atoms with E-state index in [0.717, 1.165) is 25.3 Å². The fourth-order valence-electron chi connectivity index (χ4n) is 4.87. The number of rotatable bonds is 5. The summed E-state index contributed by atoms with van der Waals surface area (Å²) in [6.45, 7) is 1.11. The molecule has 1 aliphatic heterocycles. The Kier molecular flexibility index (Phi) is 4.87. The topological polar surface area (TPSA) is 75.9 Å². The van der Waals surface area contributed by atoms with Gasteiger partial charge in [-0.2, -0.15) is 28.2 Å². The first-order chi connectivity index (χ1) is 15.4. The number of piperidine rings is 1. The van der Waals surface area contributed by atoms with Gasteiger partial charge in [-0.1, -0.05) is 12.1 Å². The molecule has 1 amide bonds. The molecule has 1 N–H and O–H groups in total. The quantitative estimate of drug-likeness (QED) is 0.651. The van der Waals surface area contributed by atoms with Crippen LogP contribution in [0.25, 0.3) is 5.69 Å². The molecule has 2 fully saturated rings. The second-order valence-electron chi connectivity index (χ2n) is 8.37. The highest BCUT2D eigenvalue weighted by Gasteiger charge is 2.52. The van der Waals surface area contributed by atoms with E-state index in [1.807, 2.05) is 17.0 Å². The van der Waals surface area contributed by atoms with Gasteiger partial charge < -0.3 is 10.2 Å². The maximum absolute atomic E-state index is 13.6. The van der Waals surface area contributed by atoms with E-state index in [9.17, 15) is 18.0 Å². The molecule has 2 atom stereocenters. The molecule has 5 rings (SSSR count). The summed E-state index contributed by atoms with van der Waals surface area (Å²) >= 11 is 0. The van der Waals surface area contributed by atoms with Crippen LogP contribution in [0.2, 0.25) is 0 Å². The van der Waals surface area contributed by atoms with Gasteiger partial charge in [-0.05, 0) is 49.4 Å². The third-order valence-electron chi connectivity index (χ3n) is 6.39. The third-order valence-corrected chi connectivity index (χ3v) is 6.39. The lowest BCUT2D eigenvalue weighted by Crippen LogP contribution is -2.52. The lowest BCUT2D eigenvalue weighted by Gasteiger charge is -2.39. The summed E-state index contributed by atoms with van der Waals surface area (Å²) in [5, 5.41) is 11.5. The number of nitrogens with one attached hydrogen (secondary N) is 1. The van der Waals surface area contributed by atoms with E-state index in [2.05, 4.69) is 20.5 Å². The summed E-state index contributed by atoms with van der Waals surface area (Å²) in [4.78, 5) is 20.5. The molecule has 3 heterocycles. The maximum Gasteiger partial charge on any atom is 0.433 e. The molecule has 2 unspecified atom stereocenters. The highest BCUT2D eigenvalue weighted by Crippen LogP contribution is 2.47. The molecule has 2 aliphatic rings. The molecule has 10 heteroatoms. The van der Waals surface area contributed by atoms with Gasteiger partial charge in [-0.15, -0.1) is 0 Å². The number of para-hydroxylation sites is 1. The fourth-order valence-corrected chi connectivity index (χ4v) is 4.87. The normalized spacial score (nSPS) is 22.3. The van der Waals surface area contributed by atoms with Crippen LogP contribution in [0, 0.1) is 5.92 Å². The molecule has 1 aliphatic carbocycles. The second kappa shape index (κ2) is 7.61. The van der Waals surface area contributed by atoms with Gasteiger partial charge in [0.25, 0.3) is 5.91 Å². The van der Waals surface area contributed by atoms with Crippen molar-refractivity contribution in [3.8, 4) is 5.69 Å². The molecule has 1 saturated carbocycles. The number of benzene rings is 1. The number of hydrogen-bond acceptors (Lipinski definition) is 5. The average Bonchev–Trinajstić information content (AvgIpc) is 3.54. The van der Waals surface area contributed by atoms with Gasteiger partial charge in [0.1, 0.15) is 5.69 Å². The monoisotopic (exact) mass is 442 g/mol. The molecule has 2 bridgehead atoms. The molecule has 1 aromatic carbocycles. The van der Waals surface area contributed by atoms with Crippen LogP contribution >= 0.6 is 0 Å². The van der Waals surface area contributed by atoms with Crippen LogP contribution in [0.1, 0.15) is 35.3 Å². The number of aromatic nitrogens is 4. The van der Waals surface area contributed by atoms with Crippen molar-refractivity contribution in [2.24, 2.45) is 5.92 Å². The first-order valence-corrected chi connectivity index (χ1v) is 10.4. The van der Waals surface area contributed by atoms with Crippen molar-refractivity contribution in [3.63, 3.8) is 0 Å². The minimum atomic E-state index is -4.47. The van der Waals surface area contributed by atoms with Gasteiger partial charge in [0, 0.05) is 13.1 Å². The minimum Gasteiger partial charge on any atom is -0.381 e. The highest BCUT2D eigenvalue weighted by atomic mass is 19.4. The van der Waals surface area contributed by atoms with Gasteiger partial charge in [-0.25, -0.2) is 4.98 Å². The van der Waals surface area contributed by atoms with E-state index >= 15 is 0 Å². The van der Waals surface area contributed by atoms with Crippen LogP contribution in [0.3, 0.4) is 0 Å². The van der Waals surface area contributed by atoms with Crippen molar-refractivity contribution >= 4 is 11.6 Å². The Morgan fingerprint density at radius 1 is 1.16 bits per heavy atom. The van der Waals surface area contributed by atoms with Crippen molar-refractivity contribution in [1.29, 1.82) is 0 Å². The smallest absolute Gasteiger partial charge is 0.381 e. The standard InChI is InChI=1S/C22H21F3N6O/c23-22(24,25)19-6-5-16(12-26-19)27-14-21-8-7-15(11-21)13-30(21)20(32)17-3-1-2-4-18(17)31-28-9-10-29-31/h1-6,9-10,12,15,27H,7-8,11,13-14H2. The number of halogens is 3. The van der Waals surface area contributed by atoms with E-state index in [1.54, 1.807) is 24.5 Å². The number of carbonyl (C=O) groups excluding carboxylic acids is 1. The van der Waals surface area contributed by atoms with Crippen LogP contribution < -0.4 is 5.32 Å². The molecule has 0 spiro atoms. The average molecular weight is 442 g/mol. The predicted molar refractivity (Wildman–Crippen MR) is 110 cm³/mol. The molecule has 166 valence electrons. The zero-order valence-electron chi connectivity index (χ0n) is 17.1. The molecular weight excluding hydrogens is 421 g/mol. The number of anilines is 1. The van der Waals surface area contributed by atoms with Gasteiger partial charge >= 0.3 is 6.18 Å². The number of likely N-dealkylation sites (tertiary alicyclic amines) is 1. The van der Waals surface area contributed by atoms with Crippen molar-refractivity contribution in [3.05, 3.63) is 66.2 Å². The first-order valence-electron chi connectivity index (χ1n) is 10.4. The summed E-state index contributed by atoms with van der Waals surface area (Å²) < 4.78 is 38.3. The minimum absolute atomic E-state index is 0.0903. The van der Waals surface area contributed by atoms with Crippen molar-refractivity contribution in [2.45, 2.75) is 31.0 Å². The van der Waals surface area contributed by atoms with E-state index in [-0.39, 0.29) is 5.91 Å². The van der Waals surface area contributed by atoms with E-state index in [4.69, 9.17) is 0 Å². The lowest BCUT2D eigenvalue weighted by atomic mass is 9.95. The van der Waals surface area contributed by atoms with Crippen LogP contribution in [-0.2, 0) is 6.18 Å². The number of alkyl halides is 3. The first kappa shape index (κ1) is 20.5. The van der Waals surface area contributed by atoms with Crippen LogP contribution in [0.15, 0.2) is 55.0 Å². The zero-order valence-corrected chi connectivity index (χ0v) is 17.1. The number of carbonyl (C=O) groups is 1. The summed E-state index contributed by atoms with van der Waals surface area (Å²) in [5.41, 5.74) is 0.307. The van der Waals surface area contributed by atoms with Crippen molar-refractivity contribution in [2.75, 3.05) is 18.4 Å². The number of fused-ring (bicyclic) bond motifs is 2. The Bertz CT molecular complexity index is 1120. The van der Waals surface area contributed by atoms with E-state index in [1.165, 1.54) is 17.1 Å². The van der Waals surface area contributed by atoms with Crippen LogP contribution in [0.4, 0.5) is 18.9 Å². The molecule has 7 nitrogen and oxygen atoms in total. The van der Waals surface area contributed by atoms with Gasteiger partial charge in [0.15, 0.2) is 0 Å². The van der Waals surface area contributed by atoms with Gasteiger partial charge in [0.05, 0.1) is 41.1 Å². The maximum atomic E-state index is 13.6. The van der Waals surface area contributed by atoms with E-state index in [0.29, 0.717) is 35.9 Å². The van der Waals surface area contributed by atoms with E-state index < -0.39 is 17.4 Å². The summed E-state index contributed by atoms with van der Waals surface area (Å²) in [6.07, 6.45) is 2.56. The van der Waals surface area contributed by atoms with Crippen LogP contribution in [-0.4, -0.2) is 49.4 Å². The Hall–Kier alpha value is -3.43. The molecular formula is C22H21F3N6O. The molecule has 2 aromatic heterocycles. The number of pyridine rings is 1. The third kappa shape index (κ3) is 3.59. The Morgan fingerprint density at radius 3 is 2.62 bits per heavy atom. The van der Waals surface area contributed by atoms with Crippen molar-refractivity contribution < 1.29 is 18.0 Å². The highest BCUT2D eigenvalue weighted by molar-refractivity contribution is 5.98. The second-order valence-corrected chi connectivity index (χ2v) is 8.37. The zero-order chi connectivity index (χ0) is 22.3. The number of amides is 1. The van der Waals surface area contributed by atoms with Gasteiger partial charge in [-0.3, -0.25) is 4.79 Å². The molecule has 1 saturated heterocycles. The Morgan fingerprint density at radius 2 is 1.94 bits per heavy atom. The van der Waals surface area contributed by atoms with Crippen LogP contribution in [0.5, 0.6) is 0 Å². The molecule has 32 heavy (non-hydrogen) atoms. The summed E-state index contributed by atoms with van der Waals surface area (Å²) in [7, 11) is 0. The predicted octanol–water partition coefficient (Wildman–Crippen LogP) is 3.79. The number of hydrogen-bond donors (Lipinski definition) is 1. The fraction of sp³-hybridized carbons (Fsp3) is 0.364. The molecule has 3 aromatic rings. The molecule has 0 radical (unpaired) electrons. The van der Waals surface area contributed by atoms with Crippen molar-refractivity contribution in [1.82, 2.24) is 24.9 Å². The summed E-state index contributed by atoms with van der Waals surface area (Å²) in [5.74, 6) is 0.328. The SMILES string of the molecule is O=C(c1ccccc1-n1nccn1)N1CC2CCC1(CNc1ccc(C(F)(F)F)nc1)C2. The summed E-state index contributed by atoms with van der Waals surface area (Å²) in [6, 6.07) is 9.56.